The van der Waals surface area contributed by atoms with Crippen LogP contribution in [0.1, 0.15) is 0 Å². The van der Waals surface area contributed by atoms with Gasteiger partial charge in [-0.15, -0.1) is 16.4 Å². The molecule has 0 saturated heterocycles. The highest BCUT2D eigenvalue weighted by Gasteiger charge is 2.13. The van der Waals surface area contributed by atoms with E-state index < -0.39 is 5.97 Å². The zero-order valence-corrected chi connectivity index (χ0v) is 13.9. The van der Waals surface area contributed by atoms with E-state index in [2.05, 4.69) is 38.8 Å². The number of thioether (sulfide) groups is 1. The summed E-state index contributed by atoms with van der Waals surface area (Å²) in [4.78, 5) is 14.8. The van der Waals surface area contributed by atoms with E-state index in [0.29, 0.717) is 16.7 Å². The molecule has 0 fully saturated rings. The van der Waals surface area contributed by atoms with Crippen LogP contribution in [0, 0.1) is 0 Å². The minimum absolute atomic E-state index is 0.0820. The third kappa shape index (κ3) is 2.93. The van der Waals surface area contributed by atoms with Crippen LogP contribution in [-0.4, -0.2) is 32.0 Å². The molecule has 0 aliphatic heterocycles. The molecule has 4 rings (SSSR count). The van der Waals surface area contributed by atoms with Crippen LogP contribution < -0.4 is 0 Å². The van der Waals surface area contributed by atoms with E-state index in [1.54, 1.807) is 11.3 Å². The van der Waals surface area contributed by atoms with Crippen LogP contribution in [0.5, 0.6) is 0 Å². The van der Waals surface area contributed by atoms with Crippen LogP contribution >= 0.6 is 23.1 Å². The highest BCUT2D eigenvalue weighted by atomic mass is 32.2. The molecule has 24 heavy (non-hydrogen) atoms. The highest BCUT2D eigenvalue weighted by molar-refractivity contribution is 7.99. The molecule has 8 heteroatoms. The number of hydrogen-bond donors (Lipinski definition) is 2. The summed E-state index contributed by atoms with van der Waals surface area (Å²) < 4.78 is 7.10. The monoisotopic (exact) mass is 357 g/mol. The van der Waals surface area contributed by atoms with Crippen molar-refractivity contribution in [3.8, 4) is 22.9 Å². The Morgan fingerprint density at radius 1 is 1.25 bits per heavy atom. The molecule has 0 atom stereocenters. The number of fused-ring (bicyclic) bond motifs is 1. The smallest absolute Gasteiger partial charge is 0.313 e. The van der Waals surface area contributed by atoms with E-state index in [0.717, 1.165) is 23.1 Å². The van der Waals surface area contributed by atoms with Gasteiger partial charge in [0, 0.05) is 10.3 Å². The molecule has 0 aliphatic carbocycles. The number of hydrogen-bond acceptors (Lipinski definition) is 6. The quantitative estimate of drug-likeness (QED) is 0.522. The van der Waals surface area contributed by atoms with Gasteiger partial charge in [0.15, 0.2) is 11.6 Å². The minimum atomic E-state index is -0.907. The molecule has 6 nitrogen and oxygen atoms in total. The molecule has 3 heterocycles. The van der Waals surface area contributed by atoms with Gasteiger partial charge in [0.2, 0.25) is 5.16 Å². The lowest BCUT2D eigenvalue weighted by molar-refractivity contribution is -0.133. The summed E-state index contributed by atoms with van der Waals surface area (Å²) in [5, 5.41) is 19.1. The number of nitrogens with one attached hydrogen (secondary N) is 1. The third-order valence-electron chi connectivity index (χ3n) is 3.37. The first-order chi connectivity index (χ1) is 11.7. The van der Waals surface area contributed by atoms with E-state index in [-0.39, 0.29) is 5.75 Å². The van der Waals surface area contributed by atoms with E-state index >= 15 is 0 Å². The largest absolute Gasteiger partial charge is 0.481 e. The number of nitrogens with zero attached hydrogens (tertiary/aromatic N) is 2. The average molecular weight is 357 g/mol. The fourth-order valence-corrected chi connectivity index (χ4v) is 3.58. The fourth-order valence-electron chi connectivity index (χ4n) is 2.29. The zero-order chi connectivity index (χ0) is 16.5. The van der Waals surface area contributed by atoms with Gasteiger partial charge in [-0.2, -0.15) is 4.98 Å². The van der Waals surface area contributed by atoms with Gasteiger partial charge in [0.1, 0.15) is 5.76 Å². The van der Waals surface area contributed by atoms with Crippen molar-refractivity contribution in [2.45, 2.75) is 5.16 Å². The first-order valence-corrected chi connectivity index (χ1v) is 8.90. The molecule has 0 aliphatic rings. The van der Waals surface area contributed by atoms with Gasteiger partial charge in [-0.3, -0.25) is 9.89 Å². The van der Waals surface area contributed by atoms with Crippen LogP contribution in [0.2, 0.25) is 0 Å². The molecule has 0 saturated carbocycles. The Kier molecular flexibility index (Phi) is 3.83. The maximum Gasteiger partial charge on any atom is 0.313 e. The molecule has 0 unspecified atom stereocenters. The number of furan rings is 1. The van der Waals surface area contributed by atoms with Gasteiger partial charge in [0.05, 0.1) is 5.75 Å². The van der Waals surface area contributed by atoms with E-state index in [9.17, 15) is 4.79 Å². The van der Waals surface area contributed by atoms with Crippen molar-refractivity contribution in [1.29, 1.82) is 0 Å². The molecule has 0 radical (unpaired) electrons. The standard InChI is InChI=1S/C16H11N3O3S2/c20-14(21)8-24-16-17-15(18-19-16)12-3-2-11(22-12)9-1-4-13-10(7-9)5-6-23-13/h1-7H,8H2,(H,20,21)(H,17,18,19). The van der Waals surface area contributed by atoms with E-state index in [1.807, 2.05) is 18.2 Å². The van der Waals surface area contributed by atoms with Gasteiger partial charge in [0.25, 0.3) is 0 Å². The first kappa shape index (κ1) is 15.0. The summed E-state index contributed by atoms with van der Waals surface area (Å²) in [6.07, 6.45) is 0. The van der Waals surface area contributed by atoms with Crippen molar-refractivity contribution < 1.29 is 14.3 Å². The molecule has 3 aromatic heterocycles. The second-order valence-corrected chi connectivity index (χ2v) is 6.88. The minimum Gasteiger partial charge on any atom is -0.481 e. The van der Waals surface area contributed by atoms with Gasteiger partial charge in [-0.05, 0) is 47.2 Å². The van der Waals surface area contributed by atoms with E-state index in [1.165, 1.54) is 10.1 Å². The van der Waals surface area contributed by atoms with Crippen molar-refractivity contribution in [2.75, 3.05) is 5.75 Å². The average Bonchev–Trinajstić information content (AvgIpc) is 3.30. The first-order valence-electron chi connectivity index (χ1n) is 7.04. The van der Waals surface area contributed by atoms with Crippen LogP contribution in [0.4, 0.5) is 0 Å². The summed E-state index contributed by atoms with van der Waals surface area (Å²) in [7, 11) is 0. The van der Waals surface area contributed by atoms with E-state index in [4.69, 9.17) is 9.52 Å². The van der Waals surface area contributed by atoms with Crippen LogP contribution in [0.3, 0.4) is 0 Å². The Morgan fingerprint density at radius 3 is 3.00 bits per heavy atom. The number of aliphatic carboxylic acids is 1. The van der Waals surface area contributed by atoms with Crippen LogP contribution in [-0.2, 0) is 4.79 Å². The SMILES string of the molecule is O=C(O)CSc1n[nH]c(-c2ccc(-c3ccc4sccc4c3)o2)n1. The molecular formula is C16H11N3O3S2. The predicted octanol–water partition coefficient (Wildman–Crippen LogP) is 4.12. The number of aromatic amines is 1. The highest BCUT2D eigenvalue weighted by Crippen LogP contribution is 2.31. The summed E-state index contributed by atoms with van der Waals surface area (Å²) in [5.74, 6) is 0.794. The predicted molar refractivity (Wildman–Crippen MR) is 93.3 cm³/mol. The Bertz CT molecular complexity index is 1020. The number of aromatic nitrogens is 3. The van der Waals surface area contributed by atoms with Crippen molar-refractivity contribution in [2.24, 2.45) is 0 Å². The van der Waals surface area contributed by atoms with Gasteiger partial charge in [-0.25, -0.2) is 0 Å². The normalized spacial score (nSPS) is 11.2. The Hall–Kier alpha value is -2.58. The lowest BCUT2D eigenvalue weighted by Gasteiger charge is -1.97. The number of carbonyl (C=O) groups is 1. The van der Waals surface area contributed by atoms with Crippen molar-refractivity contribution >= 4 is 39.2 Å². The Balaban J connectivity index is 1.59. The number of carboxylic acid groups (broad SMARTS) is 1. The molecule has 0 spiro atoms. The lowest BCUT2D eigenvalue weighted by atomic mass is 10.1. The summed E-state index contributed by atoms with van der Waals surface area (Å²) in [5.41, 5.74) is 0.993. The molecule has 4 aromatic rings. The number of H-pyrrole nitrogens is 1. The summed E-state index contributed by atoms with van der Waals surface area (Å²) in [6, 6.07) is 12.0. The van der Waals surface area contributed by atoms with Crippen LogP contribution in [0.25, 0.3) is 33.0 Å². The Labute approximate surface area is 144 Å². The van der Waals surface area contributed by atoms with Gasteiger partial charge in [-0.1, -0.05) is 11.8 Å². The molecule has 1 aromatic carbocycles. The molecule has 120 valence electrons. The second-order valence-electron chi connectivity index (χ2n) is 4.99. The molecule has 0 amide bonds. The molecular weight excluding hydrogens is 346 g/mol. The molecule has 2 N–H and O–H groups in total. The second kappa shape index (κ2) is 6.14. The van der Waals surface area contributed by atoms with Crippen molar-refractivity contribution in [3.05, 3.63) is 41.8 Å². The third-order valence-corrected chi connectivity index (χ3v) is 5.10. The Morgan fingerprint density at radius 2 is 2.12 bits per heavy atom. The molecule has 0 bridgehead atoms. The van der Waals surface area contributed by atoms with Gasteiger partial charge < -0.3 is 9.52 Å². The van der Waals surface area contributed by atoms with Crippen LogP contribution in [0.15, 0.2) is 51.4 Å². The maximum atomic E-state index is 10.6. The summed E-state index contributed by atoms with van der Waals surface area (Å²) in [6.45, 7) is 0. The number of rotatable bonds is 5. The van der Waals surface area contributed by atoms with Crippen molar-refractivity contribution in [1.82, 2.24) is 15.2 Å². The number of thiophene rings is 1. The number of carboxylic acids is 1. The number of benzene rings is 1. The zero-order valence-electron chi connectivity index (χ0n) is 12.2. The van der Waals surface area contributed by atoms with Crippen molar-refractivity contribution in [3.63, 3.8) is 0 Å². The maximum absolute atomic E-state index is 10.6. The topological polar surface area (TPSA) is 92.0 Å². The van der Waals surface area contributed by atoms with Gasteiger partial charge >= 0.3 is 5.97 Å². The lowest BCUT2D eigenvalue weighted by Crippen LogP contribution is -1.97. The fraction of sp³-hybridized carbons (Fsp3) is 0.0625. The summed E-state index contributed by atoms with van der Waals surface area (Å²) >= 11 is 2.76.